The van der Waals surface area contributed by atoms with Crippen molar-refractivity contribution in [2.75, 3.05) is 11.7 Å². The van der Waals surface area contributed by atoms with Gasteiger partial charge in [0.05, 0.1) is 12.3 Å². The lowest BCUT2D eigenvalue weighted by Crippen LogP contribution is -2.36. The van der Waals surface area contributed by atoms with E-state index in [1.165, 1.54) is 5.06 Å². The second kappa shape index (κ2) is 5.65. The van der Waals surface area contributed by atoms with Gasteiger partial charge in [-0.15, -0.1) is 0 Å². The van der Waals surface area contributed by atoms with Gasteiger partial charge in [0.1, 0.15) is 0 Å². The number of benzene rings is 1. The lowest BCUT2D eigenvalue weighted by molar-refractivity contribution is 0.157. The van der Waals surface area contributed by atoms with Crippen molar-refractivity contribution in [1.29, 1.82) is 0 Å². The number of nitrogens with zero attached hydrogens (tertiary/aromatic N) is 1. The van der Waals surface area contributed by atoms with Crippen LogP contribution in [0.2, 0.25) is 0 Å². The summed E-state index contributed by atoms with van der Waals surface area (Å²) in [6.45, 7) is 2.79. The van der Waals surface area contributed by atoms with Crippen LogP contribution < -0.4 is 16.5 Å². The summed E-state index contributed by atoms with van der Waals surface area (Å²) in [7, 11) is 0. The monoisotopic (exact) mass is 225 g/mol. The summed E-state index contributed by atoms with van der Waals surface area (Å²) < 4.78 is 0. The maximum Gasteiger partial charge on any atom is 0.195 e. The van der Waals surface area contributed by atoms with Crippen molar-refractivity contribution in [1.82, 2.24) is 0 Å². The molecule has 1 aromatic carbocycles. The van der Waals surface area contributed by atoms with Crippen LogP contribution in [0.15, 0.2) is 24.3 Å². The smallest absolute Gasteiger partial charge is 0.195 e. The molecule has 0 fully saturated rings. The van der Waals surface area contributed by atoms with Crippen molar-refractivity contribution < 1.29 is 4.84 Å². The highest BCUT2D eigenvalue weighted by molar-refractivity contribution is 7.80. The highest BCUT2D eigenvalue weighted by Crippen LogP contribution is 2.20. The molecule has 4 N–H and O–H groups in total. The Kier molecular flexibility index (Phi) is 4.48. The summed E-state index contributed by atoms with van der Waals surface area (Å²) in [5.41, 5.74) is 12.9. The molecule has 0 aliphatic carbocycles. The minimum atomic E-state index is 0.178. The first-order chi connectivity index (χ1) is 7.20. The Morgan fingerprint density at radius 2 is 2.13 bits per heavy atom. The van der Waals surface area contributed by atoms with E-state index in [2.05, 4.69) is 0 Å². The third kappa shape index (κ3) is 2.89. The van der Waals surface area contributed by atoms with Crippen LogP contribution in [0.25, 0.3) is 0 Å². The van der Waals surface area contributed by atoms with Crippen molar-refractivity contribution in [2.24, 2.45) is 11.5 Å². The summed E-state index contributed by atoms with van der Waals surface area (Å²) in [6.07, 6.45) is 0. The van der Waals surface area contributed by atoms with Crippen LogP contribution in [0.3, 0.4) is 0 Å². The summed E-state index contributed by atoms with van der Waals surface area (Å²) in [5, 5.41) is 1.61. The molecule has 0 spiro atoms. The second-order valence-electron chi connectivity index (χ2n) is 2.88. The van der Waals surface area contributed by atoms with E-state index in [1.807, 2.05) is 31.2 Å². The van der Waals surface area contributed by atoms with E-state index < -0.39 is 0 Å². The van der Waals surface area contributed by atoms with Crippen LogP contribution in [0.4, 0.5) is 5.69 Å². The fraction of sp³-hybridized carbons (Fsp3) is 0.300. The first kappa shape index (κ1) is 11.9. The molecule has 0 aliphatic heterocycles. The van der Waals surface area contributed by atoms with Crippen LogP contribution in [-0.2, 0) is 11.4 Å². The topological polar surface area (TPSA) is 64.5 Å². The normalized spacial score (nSPS) is 10.0. The SMILES string of the molecule is CCON(C(N)=S)c1ccccc1CN. The lowest BCUT2D eigenvalue weighted by Gasteiger charge is -2.23. The Bertz CT molecular complexity index is 343. The molecule has 5 heteroatoms. The molecule has 0 saturated carbocycles. The third-order valence-electron chi connectivity index (χ3n) is 1.89. The van der Waals surface area contributed by atoms with E-state index in [0.29, 0.717) is 13.2 Å². The van der Waals surface area contributed by atoms with Gasteiger partial charge in [-0.3, -0.25) is 4.84 Å². The molecule has 0 amide bonds. The first-order valence-corrected chi connectivity index (χ1v) is 5.12. The molecule has 0 saturated heterocycles. The van der Waals surface area contributed by atoms with Gasteiger partial charge in [-0.1, -0.05) is 18.2 Å². The summed E-state index contributed by atoms with van der Waals surface area (Å²) in [6, 6.07) is 7.59. The molecule has 4 nitrogen and oxygen atoms in total. The van der Waals surface area contributed by atoms with Gasteiger partial charge in [-0.25, -0.2) is 0 Å². The quantitative estimate of drug-likeness (QED) is 0.594. The molecule has 0 unspecified atom stereocenters. The number of para-hydroxylation sites is 1. The van der Waals surface area contributed by atoms with Gasteiger partial charge in [0.15, 0.2) is 5.11 Å². The fourth-order valence-corrected chi connectivity index (χ4v) is 1.41. The third-order valence-corrected chi connectivity index (χ3v) is 2.05. The number of hydrogen-bond acceptors (Lipinski definition) is 3. The maximum atomic E-state index is 5.62. The van der Waals surface area contributed by atoms with Gasteiger partial charge in [0.2, 0.25) is 0 Å². The van der Waals surface area contributed by atoms with E-state index >= 15 is 0 Å². The number of hydroxylamine groups is 1. The Morgan fingerprint density at radius 3 is 2.67 bits per heavy atom. The Hall–Kier alpha value is -1.17. The number of thiocarbonyl (C=S) groups is 1. The minimum Gasteiger partial charge on any atom is -0.374 e. The van der Waals surface area contributed by atoms with Crippen molar-refractivity contribution in [3.63, 3.8) is 0 Å². The lowest BCUT2D eigenvalue weighted by atomic mass is 10.2. The number of hydrogen-bond donors (Lipinski definition) is 2. The van der Waals surface area contributed by atoms with Crippen LogP contribution in [0, 0.1) is 0 Å². The predicted octanol–water partition coefficient (Wildman–Crippen LogP) is 1.15. The molecule has 15 heavy (non-hydrogen) atoms. The number of anilines is 1. The van der Waals surface area contributed by atoms with Crippen molar-refractivity contribution in [3.05, 3.63) is 29.8 Å². The van der Waals surface area contributed by atoms with E-state index in [0.717, 1.165) is 11.3 Å². The molecule has 0 heterocycles. The summed E-state index contributed by atoms with van der Waals surface area (Å²) in [5.74, 6) is 0. The molecule has 82 valence electrons. The Morgan fingerprint density at radius 1 is 1.47 bits per heavy atom. The minimum absolute atomic E-state index is 0.178. The molecule has 1 aromatic rings. The predicted molar refractivity (Wildman–Crippen MR) is 65.2 cm³/mol. The summed E-state index contributed by atoms with van der Waals surface area (Å²) >= 11 is 4.91. The largest absolute Gasteiger partial charge is 0.374 e. The van der Waals surface area contributed by atoms with Crippen LogP contribution >= 0.6 is 12.2 Å². The molecule has 0 aliphatic rings. The summed E-state index contributed by atoms with van der Waals surface area (Å²) in [4.78, 5) is 5.34. The van der Waals surface area contributed by atoms with E-state index in [4.69, 9.17) is 28.5 Å². The van der Waals surface area contributed by atoms with Crippen LogP contribution in [0.5, 0.6) is 0 Å². The molecule has 1 rings (SSSR count). The van der Waals surface area contributed by atoms with Gasteiger partial charge in [-0.2, -0.15) is 5.06 Å². The van der Waals surface area contributed by atoms with E-state index in [-0.39, 0.29) is 5.11 Å². The average Bonchev–Trinajstić information content (AvgIpc) is 2.25. The number of nitrogens with two attached hydrogens (primary N) is 2. The van der Waals surface area contributed by atoms with Gasteiger partial charge >= 0.3 is 0 Å². The zero-order valence-corrected chi connectivity index (χ0v) is 9.46. The van der Waals surface area contributed by atoms with Crippen molar-refractivity contribution in [3.8, 4) is 0 Å². The molecular formula is C10H15N3OS. The molecular weight excluding hydrogens is 210 g/mol. The maximum absolute atomic E-state index is 5.62. The molecule has 0 radical (unpaired) electrons. The van der Waals surface area contributed by atoms with Gasteiger partial charge in [0, 0.05) is 6.54 Å². The zero-order valence-electron chi connectivity index (χ0n) is 8.64. The Labute approximate surface area is 94.8 Å². The molecule has 0 aromatic heterocycles. The van der Waals surface area contributed by atoms with Crippen molar-refractivity contribution in [2.45, 2.75) is 13.5 Å². The molecule has 0 atom stereocenters. The Balaban J connectivity index is 3.04. The fourth-order valence-electron chi connectivity index (χ4n) is 1.26. The van der Waals surface area contributed by atoms with E-state index in [9.17, 15) is 0 Å². The standard InChI is InChI=1S/C10H15N3OS/c1-2-14-13(10(12)15)9-6-4-3-5-8(9)7-11/h3-6H,2,7,11H2,1H3,(H2,12,15). The second-order valence-corrected chi connectivity index (χ2v) is 3.30. The highest BCUT2D eigenvalue weighted by Gasteiger charge is 2.12. The first-order valence-electron chi connectivity index (χ1n) is 4.71. The highest BCUT2D eigenvalue weighted by atomic mass is 32.1. The zero-order chi connectivity index (χ0) is 11.3. The van der Waals surface area contributed by atoms with E-state index in [1.54, 1.807) is 0 Å². The van der Waals surface area contributed by atoms with Crippen LogP contribution in [0.1, 0.15) is 12.5 Å². The van der Waals surface area contributed by atoms with Crippen molar-refractivity contribution >= 4 is 23.0 Å². The number of rotatable bonds is 4. The van der Waals surface area contributed by atoms with Gasteiger partial charge in [-0.05, 0) is 30.8 Å². The van der Waals surface area contributed by atoms with Gasteiger partial charge < -0.3 is 11.5 Å². The molecule has 0 bridgehead atoms. The van der Waals surface area contributed by atoms with Gasteiger partial charge in [0.25, 0.3) is 0 Å². The average molecular weight is 225 g/mol. The van der Waals surface area contributed by atoms with Crippen LogP contribution in [-0.4, -0.2) is 11.7 Å².